The molecule has 5 nitrogen and oxygen atoms in total. The Morgan fingerprint density at radius 1 is 1.22 bits per heavy atom. The third-order valence-electron chi connectivity index (χ3n) is 4.27. The minimum atomic E-state index is 0.399. The number of methoxy groups -OCH3 is 1. The second-order valence-corrected chi connectivity index (χ2v) is 5.90. The lowest BCUT2D eigenvalue weighted by atomic mass is 10.1. The van der Waals surface area contributed by atoms with E-state index in [1.165, 1.54) is 31.5 Å². The van der Waals surface area contributed by atoms with E-state index in [1.807, 2.05) is 7.05 Å². The Labute approximate surface area is 140 Å². The summed E-state index contributed by atoms with van der Waals surface area (Å²) in [5.41, 5.74) is 1.37. The largest absolute Gasteiger partial charge is 0.385 e. The van der Waals surface area contributed by atoms with Crippen molar-refractivity contribution >= 4 is 5.96 Å². The van der Waals surface area contributed by atoms with Gasteiger partial charge in [0.1, 0.15) is 0 Å². The fourth-order valence-electron chi connectivity index (χ4n) is 3.02. The van der Waals surface area contributed by atoms with Gasteiger partial charge < -0.3 is 15.4 Å². The highest BCUT2D eigenvalue weighted by molar-refractivity contribution is 5.79. The van der Waals surface area contributed by atoms with Crippen LogP contribution in [0.1, 0.15) is 30.9 Å². The summed E-state index contributed by atoms with van der Waals surface area (Å²) >= 11 is 0. The monoisotopic (exact) mass is 318 g/mol. The summed E-state index contributed by atoms with van der Waals surface area (Å²) in [5.74, 6) is 0.862. The molecule has 1 unspecified atom stereocenters. The van der Waals surface area contributed by atoms with E-state index in [-0.39, 0.29) is 0 Å². The number of likely N-dealkylation sites (tertiary alicyclic amines) is 1. The molecule has 23 heavy (non-hydrogen) atoms. The topological polar surface area (TPSA) is 48.9 Å². The standard InChI is InChI=1S/C18H30N4O/c1-19-18(20-11-8-14-23-2)21-15-17(22-12-6-7-13-22)16-9-4-3-5-10-16/h3-5,9-10,17H,6-8,11-15H2,1-2H3,(H2,19,20,21). The first-order chi connectivity index (χ1) is 11.3. The van der Waals surface area contributed by atoms with Crippen LogP contribution in [0.25, 0.3) is 0 Å². The molecular formula is C18H30N4O. The van der Waals surface area contributed by atoms with Gasteiger partial charge in [0.05, 0.1) is 6.04 Å². The van der Waals surface area contributed by atoms with Crippen molar-refractivity contribution in [2.24, 2.45) is 4.99 Å². The summed E-state index contributed by atoms with van der Waals surface area (Å²) in [7, 11) is 3.55. The first-order valence-electron chi connectivity index (χ1n) is 8.57. The van der Waals surface area contributed by atoms with Gasteiger partial charge >= 0.3 is 0 Å². The highest BCUT2D eigenvalue weighted by Gasteiger charge is 2.23. The third-order valence-corrected chi connectivity index (χ3v) is 4.27. The van der Waals surface area contributed by atoms with Crippen molar-refractivity contribution in [2.75, 3.05) is 46.9 Å². The Morgan fingerprint density at radius 2 is 1.96 bits per heavy atom. The van der Waals surface area contributed by atoms with Crippen molar-refractivity contribution in [2.45, 2.75) is 25.3 Å². The molecule has 0 saturated carbocycles. The van der Waals surface area contributed by atoms with Crippen LogP contribution in [0, 0.1) is 0 Å². The molecule has 1 aromatic carbocycles. The lowest BCUT2D eigenvalue weighted by molar-refractivity contribution is 0.195. The van der Waals surface area contributed by atoms with Crippen LogP contribution >= 0.6 is 0 Å². The van der Waals surface area contributed by atoms with Crippen LogP contribution in [0.2, 0.25) is 0 Å². The van der Waals surface area contributed by atoms with E-state index in [0.717, 1.165) is 32.1 Å². The first kappa shape index (κ1) is 17.8. The summed E-state index contributed by atoms with van der Waals surface area (Å²) in [6.45, 7) is 4.87. The Balaban J connectivity index is 1.89. The van der Waals surface area contributed by atoms with Gasteiger partial charge in [-0.25, -0.2) is 0 Å². The summed E-state index contributed by atoms with van der Waals surface area (Å²) in [4.78, 5) is 6.88. The van der Waals surface area contributed by atoms with Gasteiger partial charge in [-0.3, -0.25) is 9.89 Å². The number of hydrogen-bond donors (Lipinski definition) is 2. The van der Waals surface area contributed by atoms with Gasteiger partial charge in [0.2, 0.25) is 0 Å². The highest BCUT2D eigenvalue weighted by atomic mass is 16.5. The van der Waals surface area contributed by atoms with Crippen molar-refractivity contribution in [3.8, 4) is 0 Å². The van der Waals surface area contributed by atoms with Crippen LogP contribution in [-0.4, -0.2) is 57.8 Å². The van der Waals surface area contributed by atoms with Gasteiger partial charge in [0, 0.05) is 33.9 Å². The summed E-state index contributed by atoms with van der Waals surface area (Å²) in [5, 5.41) is 6.82. The van der Waals surface area contributed by atoms with Crippen molar-refractivity contribution in [1.29, 1.82) is 0 Å². The SMILES string of the molecule is CN=C(NCCCOC)NCC(c1ccccc1)N1CCCC1. The number of rotatable bonds is 8. The van der Waals surface area contributed by atoms with E-state index in [0.29, 0.717) is 6.04 Å². The molecule has 0 radical (unpaired) electrons. The smallest absolute Gasteiger partial charge is 0.191 e. The minimum Gasteiger partial charge on any atom is -0.385 e. The van der Waals surface area contributed by atoms with Crippen molar-refractivity contribution in [1.82, 2.24) is 15.5 Å². The molecule has 1 heterocycles. The van der Waals surface area contributed by atoms with E-state index in [4.69, 9.17) is 4.74 Å². The highest BCUT2D eigenvalue weighted by Crippen LogP contribution is 2.24. The Kier molecular flexibility index (Phi) is 7.90. The average Bonchev–Trinajstić information content (AvgIpc) is 3.12. The van der Waals surface area contributed by atoms with E-state index < -0.39 is 0 Å². The molecule has 1 aliphatic heterocycles. The number of nitrogens with one attached hydrogen (secondary N) is 2. The summed E-state index contributed by atoms with van der Waals surface area (Å²) in [6.07, 6.45) is 3.58. The van der Waals surface area contributed by atoms with Crippen LogP contribution < -0.4 is 10.6 Å². The maximum Gasteiger partial charge on any atom is 0.191 e. The predicted octanol–water partition coefficient (Wildman–Crippen LogP) is 2.02. The minimum absolute atomic E-state index is 0.399. The molecule has 1 fully saturated rings. The molecule has 0 aliphatic carbocycles. The zero-order chi connectivity index (χ0) is 16.3. The van der Waals surface area contributed by atoms with Crippen LogP contribution in [0.4, 0.5) is 0 Å². The van der Waals surface area contributed by atoms with Gasteiger partial charge in [-0.1, -0.05) is 30.3 Å². The lowest BCUT2D eigenvalue weighted by Crippen LogP contribution is -2.43. The normalized spacial score (nSPS) is 17.2. The first-order valence-corrected chi connectivity index (χ1v) is 8.57. The quantitative estimate of drug-likeness (QED) is 0.437. The second kappa shape index (κ2) is 10.2. The Morgan fingerprint density at radius 3 is 2.61 bits per heavy atom. The molecule has 5 heteroatoms. The molecule has 0 amide bonds. The van der Waals surface area contributed by atoms with Crippen LogP contribution in [0.5, 0.6) is 0 Å². The summed E-state index contributed by atoms with van der Waals surface area (Å²) in [6, 6.07) is 11.2. The molecular weight excluding hydrogens is 288 g/mol. The maximum absolute atomic E-state index is 5.07. The Hall–Kier alpha value is -1.59. The molecule has 2 N–H and O–H groups in total. The van der Waals surface area contributed by atoms with E-state index in [2.05, 4.69) is 50.9 Å². The molecule has 1 aromatic rings. The molecule has 0 spiro atoms. The van der Waals surface area contributed by atoms with Gasteiger partial charge in [0.15, 0.2) is 5.96 Å². The fourth-order valence-corrected chi connectivity index (χ4v) is 3.02. The number of aliphatic imine (C=N–C) groups is 1. The van der Waals surface area contributed by atoms with Gasteiger partial charge in [-0.15, -0.1) is 0 Å². The molecule has 1 saturated heterocycles. The van der Waals surface area contributed by atoms with Crippen molar-refractivity contribution in [3.63, 3.8) is 0 Å². The number of benzene rings is 1. The molecule has 1 aliphatic rings. The van der Waals surface area contributed by atoms with Crippen LogP contribution in [0.15, 0.2) is 35.3 Å². The van der Waals surface area contributed by atoms with Gasteiger partial charge in [-0.05, 0) is 37.9 Å². The zero-order valence-electron chi connectivity index (χ0n) is 14.4. The second-order valence-electron chi connectivity index (χ2n) is 5.90. The summed E-state index contributed by atoms with van der Waals surface area (Å²) < 4.78 is 5.07. The van der Waals surface area contributed by atoms with Crippen molar-refractivity contribution in [3.05, 3.63) is 35.9 Å². The molecule has 0 bridgehead atoms. The van der Waals surface area contributed by atoms with Crippen molar-refractivity contribution < 1.29 is 4.74 Å². The maximum atomic E-state index is 5.07. The van der Waals surface area contributed by atoms with Gasteiger partial charge in [-0.2, -0.15) is 0 Å². The number of hydrogen-bond acceptors (Lipinski definition) is 3. The fraction of sp³-hybridized carbons (Fsp3) is 0.611. The van der Waals surface area contributed by atoms with E-state index >= 15 is 0 Å². The van der Waals surface area contributed by atoms with Crippen LogP contribution in [0.3, 0.4) is 0 Å². The predicted molar refractivity (Wildman–Crippen MR) is 95.8 cm³/mol. The molecule has 0 aromatic heterocycles. The average molecular weight is 318 g/mol. The zero-order valence-corrected chi connectivity index (χ0v) is 14.4. The van der Waals surface area contributed by atoms with E-state index in [9.17, 15) is 0 Å². The lowest BCUT2D eigenvalue weighted by Gasteiger charge is -2.29. The van der Waals surface area contributed by atoms with Gasteiger partial charge in [0.25, 0.3) is 0 Å². The van der Waals surface area contributed by atoms with E-state index in [1.54, 1.807) is 7.11 Å². The number of nitrogens with zero attached hydrogens (tertiary/aromatic N) is 2. The molecule has 1 atom stereocenters. The Bertz CT molecular complexity index is 457. The molecule has 2 rings (SSSR count). The molecule has 128 valence electrons. The van der Waals surface area contributed by atoms with Crippen LogP contribution in [-0.2, 0) is 4.74 Å². The third kappa shape index (κ3) is 5.84. The number of guanidine groups is 1. The number of ether oxygens (including phenoxy) is 1.